The number of carbonyl (C=O) groups is 1. The van der Waals surface area contributed by atoms with Gasteiger partial charge in [0.25, 0.3) is 5.91 Å². The number of nitrogens with zero attached hydrogens (tertiary/aromatic N) is 4. The lowest BCUT2D eigenvalue weighted by Gasteiger charge is -2.40. The Morgan fingerprint density at radius 1 is 1.00 bits per heavy atom. The first-order valence-corrected chi connectivity index (χ1v) is 10.2. The number of benzene rings is 2. The molecular formula is C24H26N4O2. The molecule has 1 saturated heterocycles. The van der Waals surface area contributed by atoms with Gasteiger partial charge in [-0.3, -0.25) is 4.79 Å². The lowest BCUT2D eigenvalue weighted by Crippen LogP contribution is -2.54. The van der Waals surface area contributed by atoms with Crippen LogP contribution >= 0.6 is 0 Å². The van der Waals surface area contributed by atoms with Crippen LogP contribution in [0.15, 0.2) is 60.9 Å². The fourth-order valence-corrected chi connectivity index (χ4v) is 3.69. The van der Waals surface area contributed by atoms with Gasteiger partial charge in [-0.1, -0.05) is 29.8 Å². The number of anilines is 1. The van der Waals surface area contributed by atoms with Crippen LogP contribution in [0.5, 0.6) is 11.6 Å². The normalized spacial score (nSPS) is 16.4. The molecule has 154 valence electrons. The van der Waals surface area contributed by atoms with Crippen molar-refractivity contribution in [3.63, 3.8) is 0 Å². The van der Waals surface area contributed by atoms with Gasteiger partial charge in [0.2, 0.25) is 5.88 Å². The van der Waals surface area contributed by atoms with Crippen LogP contribution in [0.2, 0.25) is 0 Å². The zero-order chi connectivity index (χ0) is 21.1. The lowest BCUT2D eigenvalue weighted by atomic mass is 10.1. The molecule has 0 N–H and O–H groups in total. The quantitative estimate of drug-likeness (QED) is 0.653. The second kappa shape index (κ2) is 8.53. The van der Waals surface area contributed by atoms with Crippen molar-refractivity contribution < 1.29 is 9.53 Å². The summed E-state index contributed by atoms with van der Waals surface area (Å²) in [6, 6.07) is 17.5. The van der Waals surface area contributed by atoms with Gasteiger partial charge in [0.1, 0.15) is 17.9 Å². The van der Waals surface area contributed by atoms with Crippen molar-refractivity contribution in [1.82, 2.24) is 14.9 Å². The molecule has 0 spiro atoms. The Bertz CT molecular complexity index is 1040. The number of aromatic nitrogens is 2. The molecule has 1 aliphatic rings. The van der Waals surface area contributed by atoms with Crippen LogP contribution in [0.3, 0.4) is 0 Å². The zero-order valence-electron chi connectivity index (χ0n) is 17.6. The molecule has 0 bridgehead atoms. The Morgan fingerprint density at radius 3 is 2.53 bits per heavy atom. The van der Waals surface area contributed by atoms with Crippen LogP contribution in [0.1, 0.15) is 28.4 Å². The maximum absolute atomic E-state index is 12.9. The van der Waals surface area contributed by atoms with Gasteiger partial charge in [0.15, 0.2) is 0 Å². The van der Waals surface area contributed by atoms with E-state index in [1.807, 2.05) is 73.3 Å². The van der Waals surface area contributed by atoms with E-state index in [0.29, 0.717) is 25.5 Å². The highest BCUT2D eigenvalue weighted by atomic mass is 16.5. The van der Waals surface area contributed by atoms with Crippen LogP contribution < -0.4 is 9.64 Å². The summed E-state index contributed by atoms with van der Waals surface area (Å²) in [5.74, 6) is 2.15. The fraction of sp³-hybridized carbons (Fsp3) is 0.292. The van der Waals surface area contributed by atoms with Crippen LogP contribution in [-0.2, 0) is 0 Å². The number of hydrogen-bond acceptors (Lipinski definition) is 5. The number of rotatable bonds is 4. The molecule has 1 aromatic heterocycles. The summed E-state index contributed by atoms with van der Waals surface area (Å²) in [5, 5.41) is 0. The first-order valence-electron chi connectivity index (χ1n) is 10.2. The molecule has 0 unspecified atom stereocenters. The first kappa shape index (κ1) is 19.9. The first-order chi connectivity index (χ1) is 14.5. The topological polar surface area (TPSA) is 58.6 Å². The molecule has 1 aliphatic heterocycles. The van der Waals surface area contributed by atoms with Gasteiger partial charge in [-0.15, -0.1) is 0 Å². The summed E-state index contributed by atoms with van der Waals surface area (Å²) >= 11 is 0. The third kappa shape index (κ3) is 4.43. The van der Waals surface area contributed by atoms with E-state index in [1.165, 1.54) is 6.33 Å². The summed E-state index contributed by atoms with van der Waals surface area (Å²) in [6.45, 7) is 8.18. The Hall–Kier alpha value is -3.41. The number of carbonyl (C=O) groups excluding carboxylic acids is 1. The predicted molar refractivity (Wildman–Crippen MR) is 117 cm³/mol. The number of aryl methyl sites for hydroxylation is 2. The average molecular weight is 402 g/mol. The highest BCUT2D eigenvalue weighted by molar-refractivity contribution is 5.94. The Morgan fingerprint density at radius 2 is 1.80 bits per heavy atom. The van der Waals surface area contributed by atoms with Gasteiger partial charge in [-0.05, 0) is 50.6 Å². The summed E-state index contributed by atoms with van der Waals surface area (Å²) in [7, 11) is 0. The lowest BCUT2D eigenvalue weighted by molar-refractivity contribution is 0.0673. The zero-order valence-corrected chi connectivity index (χ0v) is 17.6. The molecule has 0 saturated carbocycles. The SMILES string of the molecule is Cc1ccc(C(=O)N2CCN(c3cc(Oc4cccc(C)c4)ncn3)C[C@@H]2C)cc1. The van der Waals surface area contributed by atoms with Crippen molar-refractivity contribution >= 4 is 11.7 Å². The molecule has 2 aromatic carbocycles. The summed E-state index contributed by atoms with van der Waals surface area (Å²) in [4.78, 5) is 25.7. The Balaban J connectivity index is 1.44. The molecule has 1 atom stereocenters. The molecule has 6 nitrogen and oxygen atoms in total. The molecule has 6 heteroatoms. The van der Waals surface area contributed by atoms with Gasteiger partial charge in [-0.25, -0.2) is 9.97 Å². The van der Waals surface area contributed by atoms with Gasteiger partial charge >= 0.3 is 0 Å². The molecule has 3 aromatic rings. The summed E-state index contributed by atoms with van der Waals surface area (Å²) in [5.41, 5.74) is 3.01. The Labute approximate surface area is 177 Å². The minimum Gasteiger partial charge on any atom is -0.439 e. The number of ether oxygens (including phenoxy) is 1. The molecule has 0 aliphatic carbocycles. The van der Waals surface area contributed by atoms with Crippen molar-refractivity contribution in [3.8, 4) is 11.6 Å². The van der Waals surface area contributed by atoms with E-state index in [-0.39, 0.29) is 11.9 Å². The second-order valence-electron chi connectivity index (χ2n) is 7.79. The van der Waals surface area contributed by atoms with Gasteiger partial charge in [0, 0.05) is 37.3 Å². The van der Waals surface area contributed by atoms with Crippen molar-refractivity contribution in [2.75, 3.05) is 24.5 Å². The third-order valence-electron chi connectivity index (χ3n) is 5.35. The van der Waals surface area contributed by atoms with Gasteiger partial charge < -0.3 is 14.5 Å². The van der Waals surface area contributed by atoms with E-state index in [4.69, 9.17) is 4.74 Å². The van der Waals surface area contributed by atoms with Crippen molar-refractivity contribution in [2.45, 2.75) is 26.8 Å². The van der Waals surface area contributed by atoms with E-state index in [9.17, 15) is 4.79 Å². The van der Waals surface area contributed by atoms with E-state index in [1.54, 1.807) is 0 Å². The minimum atomic E-state index is 0.0728. The standard InChI is InChI=1S/C24H26N4O2/c1-17-7-9-20(10-8-17)24(29)28-12-11-27(15-19(28)3)22-14-23(26-16-25-22)30-21-6-4-5-18(2)13-21/h4-10,13-14,16,19H,11-12,15H2,1-3H3/t19-/m0/s1. The molecule has 4 rings (SSSR count). The molecule has 2 heterocycles. The van der Waals surface area contributed by atoms with E-state index < -0.39 is 0 Å². The summed E-state index contributed by atoms with van der Waals surface area (Å²) in [6.07, 6.45) is 1.52. The monoisotopic (exact) mass is 402 g/mol. The van der Waals surface area contributed by atoms with Crippen molar-refractivity contribution in [2.24, 2.45) is 0 Å². The minimum absolute atomic E-state index is 0.0728. The number of amides is 1. The third-order valence-corrected chi connectivity index (χ3v) is 5.35. The molecule has 0 radical (unpaired) electrons. The molecule has 1 amide bonds. The number of hydrogen-bond donors (Lipinski definition) is 0. The van der Waals surface area contributed by atoms with E-state index >= 15 is 0 Å². The maximum Gasteiger partial charge on any atom is 0.254 e. The smallest absolute Gasteiger partial charge is 0.254 e. The highest BCUT2D eigenvalue weighted by Gasteiger charge is 2.29. The van der Waals surface area contributed by atoms with Crippen molar-refractivity contribution in [3.05, 3.63) is 77.6 Å². The summed E-state index contributed by atoms with van der Waals surface area (Å²) < 4.78 is 5.90. The van der Waals surface area contributed by atoms with Crippen LogP contribution in [0.25, 0.3) is 0 Å². The largest absolute Gasteiger partial charge is 0.439 e. The van der Waals surface area contributed by atoms with Crippen LogP contribution in [0.4, 0.5) is 5.82 Å². The highest BCUT2D eigenvalue weighted by Crippen LogP contribution is 2.25. The fourth-order valence-electron chi connectivity index (χ4n) is 3.69. The number of piperazine rings is 1. The van der Waals surface area contributed by atoms with Gasteiger partial charge in [0.05, 0.1) is 0 Å². The van der Waals surface area contributed by atoms with Crippen molar-refractivity contribution in [1.29, 1.82) is 0 Å². The van der Waals surface area contributed by atoms with E-state index in [2.05, 4.69) is 21.8 Å². The van der Waals surface area contributed by atoms with E-state index in [0.717, 1.165) is 28.3 Å². The average Bonchev–Trinajstić information content (AvgIpc) is 2.74. The molecular weight excluding hydrogens is 376 g/mol. The van der Waals surface area contributed by atoms with Gasteiger partial charge in [-0.2, -0.15) is 0 Å². The predicted octanol–water partition coefficient (Wildman–Crippen LogP) is 4.24. The van der Waals surface area contributed by atoms with Crippen LogP contribution in [0, 0.1) is 13.8 Å². The molecule has 30 heavy (non-hydrogen) atoms. The second-order valence-corrected chi connectivity index (χ2v) is 7.79. The Kier molecular flexibility index (Phi) is 5.65. The maximum atomic E-state index is 12.9. The van der Waals surface area contributed by atoms with Crippen LogP contribution in [-0.4, -0.2) is 46.5 Å². The molecule has 1 fully saturated rings.